The van der Waals surface area contributed by atoms with E-state index >= 15 is 0 Å². The van der Waals surface area contributed by atoms with Gasteiger partial charge in [-0.25, -0.2) is 4.98 Å². The second kappa shape index (κ2) is 5.39. The molecule has 0 radical (unpaired) electrons. The lowest BCUT2D eigenvalue weighted by molar-refractivity contribution is 0.102. The average molecular weight is 320 g/mol. The molecule has 4 nitrogen and oxygen atoms in total. The normalized spacial score (nSPS) is 10.8. The van der Waals surface area contributed by atoms with Gasteiger partial charge in [-0.1, -0.05) is 23.2 Å². The van der Waals surface area contributed by atoms with Gasteiger partial charge in [-0.2, -0.15) is 0 Å². The quantitative estimate of drug-likeness (QED) is 0.769. The number of anilines is 1. The molecule has 2 heterocycles. The number of pyridine rings is 1. The molecule has 0 bridgehead atoms. The Morgan fingerprint density at radius 1 is 1.24 bits per heavy atom. The summed E-state index contributed by atoms with van der Waals surface area (Å²) in [6.07, 6.45) is 3.71. The third-order valence-electron chi connectivity index (χ3n) is 2.97. The number of rotatable bonds is 2. The van der Waals surface area contributed by atoms with Crippen LogP contribution in [0.3, 0.4) is 0 Å². The number of carbonyl (C=O) groups excluding carboxylic acids is 1. The Labute approximate surface area is 131 Å². The minimum absolute atomic E-state index is 0.260. The summed E-state index contributed by atoms with van der Waals surface area (Å²) in [6, 6.07) is 8.42. The molecule has 1 amide bonds. The van der Waals surface area contributed by atoms with Crippen LogP contribution in [-0.2, 0) is 0 Å². The first kappa shape index (κ1) is 13.9. The number of nitrogens with zero attached hydrogens (tertiary/aromatic N) is 2. The lowest BCUT2D eigenvalue weighted by atomic mass is 10.2. The van der Waals surface area contributed by atoms with E-state index in [9.17, 15) is 4.79 Å². The van der Waals surface area contributed by atoms with Crippen molar-refractivity contribution in [2.24, 2.45) is 0 Å². The zero-order chi connectivity index (χ0) is 15.0. The molecule has 0 aliphatic rings. The molecule has 0 aliphatic carbocycles. The molecular formula is C15H11Cl2N3O. The molecule has 0 aliphatic heterocycles. The van der Waals surface area contributed by atoms with Gasteiger partial charge in [-0.15, -0.1) is 0 Å². The van der Waals surface area contributed by atoms with Crippen LogP contribution in [0.4, 0.5) is 5.69 Å². The van der Waals surface area contributed by atoms with E-state index in [0.29, 0.717) is 26.9 Å². The molecule has 0 fully saturated rings. The van der Waals surface area contributed by atoms with Gasteiger partial charge in [-0.05, 0) is 37.3 Å². The zero-order valence-electron chi connectivity index (χ0n) is 11.1. The highest BCUT2D eigenvalue weighted by atomic mass is 35.5. The largest absolute Gasteiger partial charge is 0.322 e. The Hall–Kier alpha value is -2.04. The molecule has 21 heavy (non-hydrogen) atoms. The molecule has 0 unspecified atom stereocenters. The van der Waals surface area contributed by atoms with Crippen LogP contribution in [0.1, 0.15) is 16.1 Å². The molecule has 3 aromatic rings. The maximum Gasteiger partial charge on any atom is 0.259 e. The molecule has 0 spiro atoms. The van der Waals surface area contributed by atoms with Crippen LogP contribution in [0.5, 0.6) is 0 Å². The first-order valence-corrected chi connectivity index (χ1v) is 7.00. The standard InChI is InChI=1S/C15H11Cl2N3O/c1-9-8-20-4-2-3-13(14(20)18-9)15(21)19-12-6-10(16)5-11(17)7-12/h2-8H,1H3,(H,19,21). The third-order valence-corrected chi connectivity index (χ3v) is 3.40. The van der Waals surface area contributed by atoms with Crippen molar-refractivity contribution in [2.75, 3.05) is 5.32 Å². The van der Waals surface area contributed by atoms with E-state index in [1.807, 2.05) is 23.7 Å². The Morgan fingerprint density at radius 2 is 1.95 bits per heavy atom. The van der Waals surface area contributed by atoms with Gasteiger partial charge in [0.15, 0.2) is 0 Å². The highest BCUT2D eigenvalue weighted by Crippen LogP contribution is 2.23. The van der Waals surface area contributed by atoms with E-state index in [4.69, 9.17) is 23.2 Å². The van der Waals surface area contributed by atoms with Gasteiger partial charge < -0.3 is 9.72 Å². The number of imidazole rings is 1. The smallest absolute Gasteiger partial charge is 0.259 e. The summed E-state index contributed by atoms with van der Waals surface area (Å²) in [5.41, 5.74) is 2.49. The van der Waals surface area contributed by atoms with E-state index < -0.39 is 0 Å². The number of aryl methyl sites for hydroxylation is 1. The molecule has 2 aromatic heterocycles. The van der Waals surface area contributed by atoms with Crippen molar-refractivity contribution < 1.29 is 4.79 Å². The van der Waals surface area contributed by atoms with Crippen molar-refractivity contribution >= 4 is 40.4 Å². The molecule has 1 N–H and O–H groups in total. The fourth-order valence-electron chi connectivity index (χ4n) is 2.14. The minimum atomic E-state index is -0.260. The van der Waals surface area contributed by atoms with Gasteiger partial charge in [0, 0.05) is 28.1 Å². The first-order chi connectivity index (χ1) is 10.0. The van der Waals surface area contributed by atoms with Crippen molar-refractivity contribution in [2.45, 2.75) is 6.92 Å². The van der Waals surface area contributed by atoms with Gasteiger partial charge in [0.05, 0.1) is 11.3 Å². The Morgan fingerprint density at radius 3 is 2.67 bits per heavy atom. The van der Waals surface area contributed by atoms with E-state index in [2.05, 4.69) is 10.3 Å². The summed E-state index contributed by atoms with van der Waals surface area (Å²) >= 11 is 11.9. The van der Waals surface area contributed by atoms with Crippen molar-refractivity contribution in [3.63, 3.8) is 0 Å². The average Bonchev–Trinajstić information content (AvgIpc) is 2.77. The minimum Gasteiger partial charge on any atom is -0.322 e. The summed E-state index contributed by atoms with van der Waals surface area (Å²) in [5, 5.41) is 3.71. The zero-order valence-corrected chi connectivity index (χ0v) is 12.6. The first-order valence-electron chi connectivity index (χ1n) is 6.25. The van der Waals surface area contributed by atoms with Crippen LogP contribution in [0.25, 0.3) is 5.65 Å². The fraction of sp³-hybridized carbons (Fsp3) is 0.0667. The van der Waals surface area contributed by atoms with Crippen molar-refractivity contribution in [3.8, 4) is 0 Å². The SMILES string of the molecule is Cc1cn2cccc(C(=O)Nc3cc(Cl)cc(Cl)c3)c2n1. The number of carbonyl (C=O) groups is 1. The van der Waals surface area contributed by atoms with Gasteiger partial charge in [0.1, 0.15) is 5.65 Å². The summed E-state index contributed by atoms with van der Waals surface area (Å²) in [6.45, 7) is 1.88. The van der Waals surface area contributed by atoms with Gasteiger partial charge in [0.2, 0.25) is 0 Å². The van der Waals surface area contributed by atoms with Crippen LogP contribution < -0.4 is 5.32 Å². The monoisotopic (exact) mass is 319 g/mol. The molecule has 106 valence electrons. The molecular weight excluding hydrogens is 309 g/mol. The van der Waals surface area contributed by atoms with E-state index in [0.717, 1.165) is 5.69 Å². The number of halogens is 2. The summed E-state index contributed by atoms with van der Waals surface area (Å²) < 4.78 is 1.81. The molecule has 1 aromatic carbocycles. The highest BCUT2D eigenvalue weighted by Gasteiger charge is 2.13. The second-order valence-corrected chi connectivity index (χ2v) is 5.52. The third kappa shape index (κ3) is 2.86. The predicted octanol–water partition coefficient (Wildman–Crippen LogP) is 4.20. The number of aromatic nitrogens is 2. The summed E-state index contributed by atoms with van der Waals surface area (Å²) in [7, 11) is 0. The number of benzene rings is 1. The molecule has 0 atom stereocenters. The Kier molecular flexibility index (Phi) is 3.57. The van der Waals surface area contributed by atoms with Gasteiger partial charge in [-0.3, -0.25) is 4.79 Å². The number of hydrogen-bond donors (Lipinski definition) is 1. The van der Waals surface area contributed by atoms with Crippen molar-refractivity contribution in [3.05, 3.63) is 64.0 Å². The van der Waals surface area contributed by atoms with Crippen LogP contribution >= 0.6 is 23.2 Å². The maximum absolute atomic E-state index is 12.4. The fourth-order valence-corrected chi connectivity index (χ4v) is 2.66. The van der Waals surface area contributed by atoms with Gasteiger partial charge >= 0.3 is 0 Å². The van der Waals surface area contributed by atoms with E-state index in [1.54, 1.807) is 30.3 Å². The van der Waals surface area contributed by atoms with Crippen LogP contribution in [0.15, 0.2) is 42.7 Å². The van der Waals surface area contributed by atoms with Crippen LogP contribution in [0.2, 0.25) is 10.0 Å². The Balaban J connectivity index is 1.97. The number of hydrogen-bond acceptors (Lipinski definition) is 2. The molecule has 6 heteroatoms. The van der Waals surface area contributed by atoms with Gasteiger partial charge in [0.25, 0.3) is 5.91 Å². The highest BCUT2D eigenvalue weighted by molar-refractivity contribution is 6.35. The Bertz CT molecular complexity index is 822. The predicted molar refractivity (Wildman–Crippen MR) is 84.3 cm³/mol. The van der Waals surface area contributed by atoms with Crippen molar-refractivity contribution in [1.29, 1.82) is 0 Å². The topological polar surface area (TPSA) is 46.4 Å². The summed E-state index contributed by atoms with van der Waals surface area (Å²) in [4.78, 5) is 16.8. The van der Waals surface area contributed by atoms with Crippen molar-refractivity contribution in [1.82, 2.24) is 9.38 Å². The summed E-state index contributed by atoms with van der Waals surface area (Å²) in [5.74, 6) is -0.260. The second-order valence-electron chi connectivity index (χ2n) is 4.65. The molecule has 3 rings (SSSR count). The number of nitrogens with one attached hydrogen (secondary N) is 1. The molecule has 0 saturated carbocycles. The van der Waals surface area contributed by atoms with Crippen LogP contribution in [0, 0.1) is 6.92 Å². The number of fused-ring (bicyclic) bond motifs is 1. The lowest BCUT2D eigenvalue weighted by Crippen LogP contribution is -2.13. The number of amides is 1. The maximum atomic E-state index is 12.4. The molecule has 0 saturated heterocycles. The van der Waals surface area contributed by atoms with Crippen LogP contribution in [-0.4, -0.2) is 15.3 Å². The van der Waals surface area contributed by atoms with E-state index in [1.165, 1.54) is 0 Å². The lowest BCUT2D eigenvalue weighted by Gasteiger charge is -2.07. The van der Waals surface area contributed by atoms with E-state index in [-0.39, 0.29) is 5.91 Å².